The lowest BCUT2D eigenvalue weighted by atomic mass is 9.95. The van der Waals surface area contributed by atoms with Gasteiger partial charge in [-0.2, -0.15) is 0 Å². The average molecular weight is 655 g/mol. The van der Waals surface area contributed by atoms with Gasteiger partial charge in [-0.05, 0) is 54.8 Å². The molecule has 2 aromatic heterocycles. The predicted octanol–water partition coefficient (Wildman–Crippen LogP) is 6.85. The van der Waals surface area contributed by atoms with Crippen molar-refractivity contribution >= 4 is 40.5 Å². The smallest absolute Gasteiger partial charge is 0.263 e. The van der Waals surface area contributed by atoms with Crippen molar-refractivity contribution in [3.05, 3.63) is 105 Å². The molecule has 5 rings (SSSR count). The maximum atomic E-state index is 13.8. The van der Waals surface area contributed by atoms with E-state index in [4.69, 9.17) is 28.9 Å². The van der Waals surface area contributed by atoms with Gasteiger partial charge in [-0.1, -0.05) is 48.7 Å². The molecule has 13 heteroatoms. The molecular formula is C32H31Cl2F2N7O2. The molecule has 3 heterocycles. The number of halogens is 4. The minimum absolute atomic E-state index is 0.0368. The molecule has 0 aliphatic carbocycles. The first-order valence-electron chi connectivity index (χ1n) is 14.2. The molecule has 0 fully saturated rings. The van der Waals surface area contributed by atoms with Crippen LogP contribution in [-0.4, -0.2) is 27.5 Å². The number of nitrogens with zero attached hydrogens (tertiary/aromatic N) is 4. The Kier molecular flexibility index (Phi) is 9.81. The monoisotopic (exact) mass is 653 g/mol. The summed E-state index contributed by atoms with van der Waals surface area (Å²) in [5, 5.41) is 4.91. The SMILES string of the molecule is CNN(/C=C(\N)Cl)c1ccc(Cl)cc1-c1cc(=O)n(C2CCC[C@@H](C)C(=O)Nc3cc(C(F)F)ccc3-c3ccnc2c3)cn1. The largest absolute Gasteiger partial charge is 0.388 e. The summed E-state index contributed by atoms with van der Waals surface area (Å²) in [6.07, 6.45) is 3.47. The molecule has 4 aromatic rings. The number of fused-ring (bicyclic) bond motifs is 4. The topological polar surface area (TPSA) is 118 Å². The average Bonchev–Trinajstić information content (AvgIpc) is 3.01. The van der Waals surface area contributed by atoms with E-state index < -0.39 is 18.4 Å². The summed E-state index contributed by atoms with van der Waals surface area (Å²) in [6, 6.07) is 13.8. The summed E-state index contributed by atoms with van der Waals surface area (Å²) in [5.74, 6) is -0.667. The van der Waals surface area contributed by atoms with Crippen molar-refractivity contribution in [2.75, 3.05) is 17.4 Å². The van der Waals surface area contributed by atoms with Crippen molar-refractivity contribution in [1.82, 2.24) is 20.0 Å². The molecule has 1 aliphatic rings. The fraction of sp³-hybridized carbons (Fsp3) is 0.250. The van der Waals surface area contributed by atoms with Gasteiger partial charge in [0.05, 0.1) is 35.6 Å². The summed E-state index contributed by atoms with van der Waals surface area (Å²) in [5.41, 5.74) is 11.8. The van der Waals surface area contributed by atoms with Crippen LogP contribution in [0.15, 0.2) is 83.3 Å². The van der Waals surface area contributed by atoms with E-state index in [-0.39, 0.29) is 22.2 Å². The van der Waals surface area contributed by atoms with Crippen molar-refractivity contribution in [2.45, 2.75) is 38.7 Å². The number of carbonyl (C=O) groups excluding carboxylic acids is 1. The first-order valence-corrected chi connectivity index (χ1v) is 15.0. The van der Waals surface area contributed by atoms with Gasteiger partial charge in [-0.25, -0.2) is 19.2 Å². The van der Waals surface area contributed by atoms with Crippen molar-refractivity contribution in [1.29, 1.82) is 0 Å². The molecule has 0 saturated carbocycles. The Hall–Kier alpha value is -4.32. The zero-order valence-electron chi connectivity index (χ0n) is 24.5. The molecule has 2 aromatic carbocycles. The number of pyridine rings is 1. The standard InChI is InChI=1S/C32H31Cl2F2N7O2/c1-18-4-3-5-28(26-12-19(10-11-39-26)22-8-6-20(31(35)36)13-25(22)41-32(18)45)42-17-40-24(15-30(42)44)23-14-21(33)7-9-27(23)43(38-2)16-29(34)37/h6-18,28,31,38H,3-5,37H2,1-2H3,(H,41,45)/b29-16-/t18-,28?/m1/s1. The van der Waals surface area contributed by atoms with Gasteiger partial charge in [0.15, 0.2) is 0 Å². The van der Waals surface area contributed by atoms with E-state index in [9.17, 15) is 18.4 Å². The second-order valence-electron chi connectivity index (χ2n) is 10.7. The van der Waals surface area contributed by atoms with Crippen molar-refractivity contribution in [2.24, 2.45) is 11.7 Å². The Morgan fingerprint density at radius 2 is 1.91 bits per heavy atom. The number of hydrazine groups is 1. The summed E-state index contributed by atoms with van der Waals surface area (Å²) in [7, 11) is 1.69. The Balaban J connectivity index is 1.60. The van der Waals surface area contributed by atoms with Gasteiger partial charge in [0, 0.05) is 52.6 Å². The van der Waals surface area contributed by atoms with Crippen LogP contribution in [0.25, 0.3) is 22.4 Å². The number of nitrogens with two attached hydrogens (primary N) is 1. The van der Waals surface area contributed by atoms with Crippen LogP contribution in [0.1, 0.15) is 49.9 Å². The number of alkyl halides is 2. The van der Waals surface area contributed by atoms with Gasteiger partial charge < -0.3 is 11.1 Å². The van der Waals surface area contributed by atoms with E-state index in [0.29, 0.717) is 63.7 Å². The molecule has 9 nitrogen and oxygen atoms in total. The Labute approximate surface area is 268 Å². The van der Waals surface area contributed by atoms with Crippen molar-refractivity contribution < 1.29 is 13.6 Å². The highest BCUT2D eigenvalue weighted by atomic mass is 35.5. The fourth-order valence-electron chi connectivity index (χ4n) is 5.38. The van der Waals surface area contributed by atoms with Gasteiger partial charge in [-0.3, -0.25) is 24.1 Å². The number of hydrogen-bond acceptors (Lipinski definition) is 7. The van der Waals surface area contributed by atoms with Crippen LogP contribution in [0.4, 0.5) is 20.2 Å². The molecule has 1 amide bonds. The number of amides is 1. The minimum Gasteiger partial charge on any atom is -0.388 e. The van der Waals surface area contributed by atoms with Gasteiger partial charge in [-0.15, -0.1) is 0 Å². The highest BCUT2D eigenvalue weighted by molar-refractivity contribution is 6.31. The molecule has 2 atom stereocenters. The molecular weight excluding hydrogens is 623 g/mol. The first-order chi connectivity index (χ1) is 21.5. The maximum absolute atomic E-state index is 13.8. The van der Waals surface area contributed by atoms with Crippen molar-refractivity contribution in [3.8, 4) is 22.4 Å². The molecule has 2 bridgehead atoms. The Morgan fingerprint density at radius 3 is 2.62 bits per heavy atom. The molecule has 234 valence electrons. The zero-order chi connectivity index (χ0) is 32.2. The quantitative estimate of drug-likeness (QED) is 0.154. The van der Waals surface area contributed by atoms with Gasteiger partial charge in [0.25, 0.3) is 12.0 Å². The summed E-state index contributed by atoms with van der Waals surface area (Å²) >= 11 is 12.3. The molecule has 0 radical (unpaired) electrons. The van der Waals surface area contributed by atoms with E-state index in [1.165, 1.54) is 35.3 Å². The molecule has 4 N–H and O–H groups in total. The van der Waals surface area contributed by atoms with Gasteiger partial charge >= 0.3 is 0 Å². The zero-order valence-corrected chi connectivity index (χ0v) is 26.0. The first kappa shape index (κ1) is 32.1. The highest BCUT2D eigenvalue weighted by Gasteiger charge is 2.24. The van der Waals surface area contributed by atoms with Crippen molar-refractivity contribution in [3.63, 3.8) is 0 Å². The van der Waals surface area contributed by atoms with Crippen LogP contribution >= 0.6 is 23.2 Å². The maximum Gasteiger partial charge on any atom is 0.263 e. The third kappa shape index (κ3) is 7.16. The van der Waals surface area contributed by atoms with Crippen LogP contribution in [0, 0.1) is 5.92 Å². The van der Waals surface area contributed by atoms with E-state index in [2.05, 4.69) is 20.7 Å². The van der Waals surface area contributed by atoms with E-state index >= 15 is 0 Å². The Bertz CT molecular complexity index is 1810. The molecule has 0 saturated heterocycles. The summed E-state index contributed by atoms with van der Waals surface area (Å²) < 4.78 is 28.6. The Morgan fingerprint density at radius 1 is 1.11 bits per heavy atom. The fourth-order valence-corrected chi connectivity index (χ4v) is 5.65. The lowest BCUT2D eigenvalue weighted by Gasteiger charge is -2.24. The van der Waals surface area contributed by atoms with Crippen LogP contribution in [0.2, 0.25) is 5.02 Å². The number of nitrogens with one attached hydrogen (secondary N) is 2. The number of rotatable bonds is 6. The highest BCUT2D eigenvalue weighted by Crippen LogP contribution is 2.36. The number of hydrogen-bond donors (Lipinski definition) is 3. The van der Waals surface area contributed by atoms with Crippen LogP contribution in [0.3, 0.4) is 0 Å². The third-order valence-electron chi connectivity index (χ3n) is 7.71. The number of aromatic nitrogens is 3. The molecule has 1 unspecified atom stereocenters. The lowest BCUT2D eigenvalue weighted by molar-refractivity contribution is -0.119. The van der Waals surface area contributed by atoms with Crippen LogP contribution in [-0.2, 0) is 4.79 Å². The molecule has 0 spiro atoms. The summed E-state index contributed by atoms with van der Waals surface area (Å²) in [4.78, 5) is 36.0. The van der Waals surface area contributed by atoms with Gasteiger partial charge in [0.2, 0.25) is 5.91 Å². The predicted molar refractivity (Wildman–Crippen MR) is 173 cm³/mol. The normalized spacial score (nSPS) is 17.2. The molecule has 45 heavy (non-hydrogen) atoms. The van der Waals surface area contributed by atoms with E-state index in [1.54, 1.807) is 55.5 Å². The third-order valence-corrected chi connectivity index (χ3v) is 8.04. The van der Waals surface area contributed by atoms with Gasteiger partial charge in [0.1, 0.15) is 5.16 Å². The van der Waals surface area contributed by atoms with E-state index in [0.717, 1.165) is 0 Å². The second-order valence-corrected chi connectivity index (χ2v) is 11.6. The lowest BCUT2D eigenvalue weighted by Crippen LogP contribution is -2.31. The minimum atomic E-state index is -2.69. The van der Waals surface area contributed by atoms with Crippen LogP contribution in [0.5, 0.6) is 0 Å². The molecule has 1 aliphatic heterocycles. The number of carbonyl (C=O) groups is 1. The number of anilines is 2. The van der Waals surface area contributed by atoms with Crippen LogP contribution < -0.4 is 27.0 Å². The summed E-state index contributed by atoms with van der Waals surface area (Å²) in [6.45, 7) is 1.79. The number of benzene rings is 2. The second kappa shape index (κ2) is 13.8. The van der Waals surface area contributed by atoms with E-state index in [1.807, 2.05) is 6.07 Å².